The average molecular weight is 464 g/mol. The number of carbonyl (C=O) groups excluding carboxylic acids is 1. The minimum absolute atomic E-state index is 0.267. The molecule has 0 radical (unpaired) electrons. The van der Waals surface area contributed by atoms with Gasteiger partial charge in [0.05, 0.1) is 11.4 Å². The summed E-state index contributed by atoms with van der Waals surface area (Å²) in [5, 5.41) is 3.63. The number of nitrogens with two attached hydrogens (primary N) is 1. The molecule has 0 aliphatic carbocycles. The van der Waals surface area contributed by atoms with E-state index in [-0.39, 0.29) is 11.4 Å². The molecule has 6 heteroatoms. The quantitative estimate of drug-likeness (QED) is 0.583. The summed E-state index contributed by atoms with van der Waals surface area (Å²) in [5.74, 6) is 0.267. The number of benzene rings is 2. The highest BCUT2D eigenvalue weighted by Gasteiger charge is 2.33. The van der Waals surface area contributed by atoms with Gasteiger partial charge in [-0.2, -0.15) is 0 Å². The van der Waals surface area contributed by atoms with Crippen LogP contribution in [0.5, 0.6) is 0 Å². The van der Waals surface area contributed by atoms with Crippen LogP contribution in [0.4, 0.5) is 11.4 Å². The number of nitrogens with one attached hydrogen (secondary N) is 1. The maximum Gasteiger partial charge on any atom is 0.222 e. The second-order valence-corrected chi connectivity index (χ2v) is 10.1. The lowest BCUT2D eigenvalue weighted by molar-refractivity contribution is -0.132. The van der Waals surface area contributed by atoms with E-state index in [4.69, 9.17) is 5.73 Å². The molecule has 1 amide bonds. The van der Waals surface area contributed by atoms with Crippen LogP contribution in [0, 0.1) is 6.92 Å². The fourth-order valence-corrected chi connectivity index (χ4v) is 5.10. The number of carbonyl (C=O) groups is 1. The summed E-state index contributed by atoms with van der Waals surface area (Å²) in [6.45, 7) is 8.87. The molecule has 0 aromatic heterocycles. The minimum atomic E-state index is -0.308. The van der Waals surface area contributed by atoms with Crippen molar-refractivity contribution in [1.29, 1.82) is 0 Å². The second kappa shape index (κ2) is 11.2. The van der Waals surface area contributed by atoms with E-state index in [1.165, 1.54) is 22.5 Å². The first kappa shape index (κ1) is 24.6. The van der Waals surface area contributed by atoms with Gasteiger partial charge < -0.3 is 25.8 Å². The number of hydrogen-bond donors (Lipinski definition) is 2. The van der Waals surface area contributed by atoms with Gasteiger partial charge in [0.1, 0.15) is 0 Å². The summed E-state index contributed by atoms with van der Waals surface area (Å²) >= 11 is 0. The van der Waals surface area contributed by atoms with E-state index in [2.05, 4.69) is 59.4 Å². The third-order valence-corrected chi connectivity index (χ3v) is 7.49. The lowest BCUT2D eigenvalue weighted by Gasteiger charge is -2.39. The fourth-order valence-electron chi connectivity index (χ4n) is 5.10. The van der Waals surface area contributed by atoms with Crippen LogP contribution in [0.25, 0.3) is 0 Å². The Kier molecular flexibility index (Phi) is 8.11. The van der Waals surface area contributed by atoms with E-state index < -0.39 is 0 Å². The zero-order chi connectivity index (χ0) is 24.0. The molecule has 3 N–H and O–H groups in total. The van der Waals surface area contributed by atoms with Crippen molar-refractivity contribution in [1.82, 2.24) is 9.80 Å². The number of aryl methyl sites for hydroxylation is 1. The molecule has 6 nitrogen and oxygen atoms in total. The van der Waals surface area contributed by atoms with Gasteiger partial charge in [-0.15, -0.1) is 0 Å². The van der Waals surface area contributed by atoms with Crippen molar-refractivity contribution in [3.8, 4) is 0 Å². The number of piperidine rings is 1. The minimum Gasteiger partial charge on any atom is -0.383 e. The molecule has 4 rings (SSSR count). The molecule has 2 aliphatic heterocycles. The Morgan fingerprint density at radius 3 is 2.38 bits per heavy atom. The molecule has 0 spiro atoms. The predicted octanol–water partition coefficient (Wildman–Crippen LogP) is 3.81. The number of likely N-dealkylation sites (N-methyl/N-ethyl adjacent to an activating group) is 1. The number of rotatable bonds is 8. The molecule has 0 unspecified atom stereocenters. The van der Waals surface area contributed by atoms with Crippen LogP contribution < -0.4 is 16.0 Å². The van der Waals surface area contributed by atoms with Crippen molar-refractivity contribution in [2.45, 2.75) is 44.6 Å². The van der Waals surface area contributed by atoms with Crippen LogP contribution in [0.2, 0.25) is 0 Å². The Morgan fingerprint density at radius 1 is 0.971 bits per heavy atom. The highest BCUT2D eigenvalue weighted by Crippen LogP contribution is 2.31. The summed E-state index contributed by atoms with van der Waals surface area (Å²) in [7, 11) is 2.19. The molecule has 0 bridgehead atoms. The Labute approximate surface area is 205 Å². The Bertz CT molecular complexity index is 931. The molecule has 2 aromatic rings. The Morgan fingerprint density at radius 2 is 1.68 bits per heavy atom. The number of hydrogen-bond acceptors (Lipinski definition) is 5. The maximum absolute atomic E-state index is 12.8. The molecule has 184 valence electrons. The number of likely N-dealkylation sites (tertiary alicyclic amines) is 1. The van der Waals surface area contributed by atoms with Crippen LogP contribution in [0.1, 0.15) is 43.2 Å². The van der Waals surface area contributed by atoms with Gasteiger partial charge in [-0.1, -0.05) is 36.4 Å². The van der Waals surface area contributed by atoms with E-state index in [1.807, 2.05) is 23.1 Å². The van der Waals surface area contributed by atoms with Gasteiger partial charge in [0.25, 0.3) is 0 Å². The van der Waals surface area contributed by atoms with E-state index >= 15 is 0 Å². The third-order valence-electron chi connectivity index (χ3n) is 7.49. The van der Waals surface area contributed by atoms with E-state index in [9.17, 15) is 4.79 Å². The smallest absolute Gasteiger partial charge is 0.222 e. The number of amides is 1. The topological polar surface area (TPSA) is 64.8 Å². The lowest BCUT2D eigenvalue weighted by Crippen LogP contribution is -2.49. The van der Waals surface area contributed by atoms with Gasteiger partial charge in [0.15, 0.2) is 0 Å². The number of anilines is 2. The monoisotopic (exact) mass is 463 g/mol. The summed E-state index contributed by atoms with van der Waals surface area (Å²) < 4.78 is 0. The molecule has 2 saturated heterocycles. The van der Waals surface area contributed by atoms with Gasteiger partial charge in [0, 0.05) is 57.8 Å². The highest BCUT2D eigenvalue weighted by molar-refractivity contribution is 5.76. The van der Waals surface area contributed by atoms with E-state index in [0.717, 1.165) is 71.5 Å². The zero-order valence-electron chi connectivity index (χ0n) is 20.9. The van der Waals surface area contributed by atoms with Gasteiger partial charge in [-0.25, -0.2) is 0 Å². The normalized spacial score (nSPS) is 18.7. The van der Waals surface area contributed by atoms with Crippen LogP contribution in [0.3, 0.4) is 0 Å². The molecule has 2 heterocycles. The van der Waals surface area contributed by atoms with Crippen molar-refractivity contribution >= 4 is 17.3 Å². The lowest BCUT2D eigenvalue weighted by atomic mass is 9.82. The first-order chi connectivity index (χ1) is 16.4. The largest absolute Gasteiger partial charge is 0.383 e. The maximum atomic E-state index is 12.8. The molecule has 2 aliphatic rings. The third kappa shape index (κ3) is 6.10. The number of piperazine rings is 1. The van der Waals surface area contributed by atoms with Crippen molar-refractivity contribution < 1.29 is 4.79 Å². The van der Waals surface area contributed by atoms with Gasteiger partial charge >= 0.3 is 0 Å². The predicted molar refractivity (Wildman–Crippen MR) is 141 cm³/mol. The van der Waals surface area contributed by atoms with Crippen molar-refractivity contribution in [2.75, 3.05) is 63.1 Å². The summed E-state index contributed by atoms with van der Waals surface area (Å²) in [6.07, 6.45) is 4.16. The number of unbranched alkanes of at least 4 members (excludes halogenated alkanes) is 1. The van der Waals surface area contributed by atoms with Crippen molar-refractivity contribution in [2.24, 2.45) is 5.73 Å². The Balaban J connectivity index is 1.20. The van der Waals surface area contributed by atoms with Crippen molar-refractivity contribution in [3.05, 3.63) is 59.7 Å². The molecular formula is C28H41N5O. The SMILES string of the molecule is Cc1ccc(NCCCCC(=O)N2CCC(N)(c3ccccc3)CC2)c(N2CCN(C)CC2)c1. The molecule has 0 atom stereocenters. The molecule has 0 saturated carbocycles. The molecule has 2 fully saturated rings. The standard InChI is InChI=1S/C28H41N5O/c1-23-11-12-25(26(22-23)32-20-18-31(2)19-21-32)30-15-7-6-10-27(34)33-16-13-28(29,14-17-33)24-8-4-3-5-9-24/h3-5,8-9,11-12,22,30H,6-7,10,13-21,29H2,1-2H3. The van der Waals surface area contributed by atoms with Gasteiger partial charge in [-0.3, -0.25) is 4.79 Å². The summed E-state index contributed by atoms with van der Waals surface area (Å²) in [4.78, 5) is 19.6. The Hall–Kier alpha value is -2.57. The first-order valence-electron chi connectivity index (χ1n) is 12.8. The zero-order valence-corrected chi connectivity index (χ0v) is 20.9. The first-order valence-corrected chi connectivity index (χ1v) is 12.8. The van der Waals surface area contributed by atoms with Gasteiger partial charge in [0.2, 0.25) is 5.91 Å². The van der Waals surface area contributed by atoms with E-state index in [0.29, 0.717) is 6.42 Å². The second-order valence-electron chi connectivity index (χ2n) is 10.1. The summed E-state index contributed by atoms with van der Waals surface area (Å²) in [5.41, 5.74) is 11.3. The van der Waals surface area contributed by atoms with Crippen LogP contribution >= 0.6 is 0 Å². The molecule has 34 heavy (non-hydrogen) atoms. The molecule has 2 aromatic carbocycles. The van der Waals surface area contributed by atoms with Gasteiger partial charge in [-0.05, 0) is 62.9 Å². The van der Waals surface area contributed by atoms with Crippen LogP contribution in [-0.4, -0.2) is 68.6 Å². The highest BCUT2D eigenvalue weighted by atomic mass is 16.2. The van der Waals surface area contributed by atoms with E-state index in [1.54, 1.807) is 0 Å². The summed E-state index contributed by atoms with van der Waals surface area (Å²) in [6, 6.07) is 17.0. The fraction of sp³-hybridized carbons (Fsp3) is 0.536. The number of nitrogens with zero attached hydrogens (tertiary/aromatic N) is 3. The van der Waals surface area contributed by atoms with Crippen molar-refractivity contribution in [3.63, 3.8) is 0 Å². The average Bonchev–Trinajstić information content (AvgIpc) is 2.86. The van der Waals surface area contributed by atoms with Crippen LogP contribution in [0.15, 0.2) is 48.5 Å². The molecular weight excluding hydrogens is 422 g/mol. The van der Waals surface area contributed by atoms with Crippen LogP contribution in [-0.2, 0) is 10.3 Å².